The van der Waals surface area contributed by atoms with Gasteiger partial charge in [-0.05, 0) is 84.0 Å². The fourth-order valence-electron chi connectivity index (χ4n) is 5.54. The van der Waals surface area contributed by atoms with Gasteiger partial charge in [0.2, 0.25) is 0 Å². The van der Waals surface area contributed by atoms with E-state index >= 15 is 0 Å². The Morgan fingerprint density at radius 3 is 1.87 bits per heavy atom. The van der Waals surface area contributed by atoms with Gasteiger partial charge in [-0.25, -0.2) is 9.59 Å². The third-order valence-electron chi connectivity index (χ3n) is 5.85. The Morgan fingerprint density at radius 1 is 1.09 bits per heavy atom. The van der Waals surface area contributed by atoms with Crippen molar-refractivity contribution in [1.29, 1.82) is 0 Å². The van der Waals surface area contributed by atoms with Crippen LogP contribution in [0.5, 0.6) is 0 Å². The van der Waals surface area contributed by atoms with Crippen molar-refractivity contribution in [2.45, 2.75) is 83.4 Å². The van der Waals surface area contributed by atoms with E-state index in [-0.39, 0.29) is 5.54 Å². The van der Waals surface area contributed by atoms with Crippen LogP contribution in [-0.2, 0) is 9.53 Å². The number of rotatable bonds is 3. The smallest absolute Gasteiger partial charge is 0.411 e. The lowest BCUT2D eigenvalue weighted by molar-refractivity contribution is -0.152. The van der Waals surface area contributed by atoms with Crippen molar-refractivity contribution in [1.82, 2.24) is 4.90 Å². The summed E-state index contributed by atoms with van der Waals surface area (Å²) in [6.45, 7) is 7.10. The van der Waals surface area contributed by atoms with Crippen LogP contribution in [-0.4, -0.2) is 39.3 Å². The molecule has 0 aliphatic heterocycles. The van der Waals surface area contributed by atoms with Gasteiger partial charge in [0, 0.05) is 5.54 Å². The second kappa shape index (κ2) is 5.38. The predicted octanol–water partition coefficient (Wildman–Crippen LogP) is 3.67. The highest BCUT2D eigenvalue weighted by Crippen LogP contribution is 2.58. The molecule has 5 nitrogen and oxygen atoms in total. The van der Waals surface area contributed by atoms with Gasteiger partial charge in [-0.15, -0.1) is 0 Å². The average molecular weight is 323 g/mol. The topological polar surface area (TPSA) is 66.8 Å². The van der Waals surface area contributed by atoms with Crippen LogP contribution in [0.2, 0.25) is 0 Å². The molecule has 23 heavy (non-hydrogen) atoms. The highest BCUT2D eigenvalue weighted by Gasteiger charge is 2.57. The second-order valence-corrected chi connectivity index (χ2v) is 9.01. The SMILES string of the molecule is CC(C(=O)O)N(C(=O)OC(C)(C)C)C12CC3CC(CC(C3)C1)C2. The van der Waals surface area contributed by atoms with E-state index in [1.807, 2.05) is 20.8 Å². The molecule has 0 saturated heterocycles. The van der Waals surface area contributed by atoms with Crippen LogP contribution in [0, 0.1) is 17.8 Å². The van der Waals surface area contributed by atoms with E-state index in [0.29, 0.717) is 17.8 Å². The Labute approximate surface area is 138 Å². The quantitative estimate of drug-likeness (QED) is 0.860. The van der Waals surface area contributed by atoms with Gasteiger partial charge in [-0.2, -0.15) is 0 Å². The minimum Gasteiger partial charge on any atom is -0.480 e. The molecule has 0 heterocycles. The molecule has 4 bridgehead atoms. The molecular weight excluding hydrogens is 294 g/mol. The molecule has 4 aliphatic rings. The summed E-state index contributed by atoms with van der Waals surface area (Å²) in [5, 5.41) is 9.55. The second-order valence-electron chi connectivity index (χ2n) is 9.01. The number of carbonyl (C=O) groups excluding carboxylic acids is 1. The molecule has 0 aromatic rings. The molecule has 1 unspecified atom stereocenters. The van der Waals surface area contributed by atoms with Crippen LogP contribution in [0.25, 0.3) is 0 Å². The lowest BCUT2D eigenvalue weighted by atomic mass is 9.52. The van der Waals surface area contributed by atoms with Crippen LogP contribution < -0.4 is 0 Å². The molecule has 1 amide bonds. The maximum absolute atomic E-state index is 12.9. The van der Waals surface area contributed by atoms with Crippen molar-refractivity contribution in [3.63, 3.8) is 0 Å². The summed E-state index contributed by atoms with van der Waals surface area (Å²) in [7, 11) is 0. The molecule has 0 aromatic heterocycles. The summed E-state index contributed by atoms with van der Waals surface area (Å²) in [6, 6.07) is -0.846. The number of hydrogen-bond acceptors (Lipinski definition) is 3. The number of carbonyl (C=O) groups is 2. The summed E-state index contributed by atoms with van der Waals surface area (Å²) in [5.41, 5.74) is -0.926. The maximum Gasteiger partial charge on any atom is 0.411 e. The number of aliphatic carboxylic acids is 1. The highest BCUT2D eigenvalue weighted by atomic mass is 16.6. The minimum absolute atomic E-state index is 0.311. The molecule has 0 spiro atoms. The zero-order valence-corrected chi connectivity index (χ0v) is 14.7. The van der Waals surface area contributed by atoms with Gasteiger partial charge in [-0.3, -0.25) is 4.90 Å². The van der Waals surface area contributed by atoms with Crippen LogP contribution in [0.1, 0.15) is 66.2 Å². The molecule has 4 rings (SSSR count). The first-order valence-corrected chi connectivity index (χ1v) is 8.85. The molecule has 1 N–H and O–H groups in total. The molecule has 0 radical (unpaired) electrons. The molecule has 0 aromatic carbocycles. The minimum atomic E-state index is -0.952. The van der Waals surface area contributed by atoms with E-state index in [9.17, 15) is 14.7 Å². The molecule has 5 heteroatoms. The molecule has 130 valence electrons. The lowest BCUT2D eigenvalue weighted by Gasteiger charge is -2.60. The van der Waals surface area contributed by atoms with Crippen molar-refractivity contribution in [3.8, 4) is 0 Å². The van der Waals surface area contributed by atoms with E-state index in [1.165, 1.54) is 19.3 Å². The number of carboxylic acid groups (broad SMARTS) is 1. The molecule has 4 fully saturated rings. The maximum atomic E-state index is 12.9. The summed E-state index contributed by atoms with van der Waals surface area (Å²) in [6.07, 6.45) is 6.12. The normalized spacial score (nSPS) is 36.6. The van der Waals surface area contributed by atoms with Crippen LogP contribution >= 0.6 is 0 Å². The summed E-state index contributed by atoms with van der Waals surface area (Å²) >= 11 is 0. The Bertz CT molecular complexity index is 472. The number of amides is 1. The Kier molecular flexibility index (Phi) is 3.88. The van der Waals surface area contributed by atoms with Crippen LogP contribution in [0.4, 0.5) is 4.79 Å². The predicted molar refractivity (Wildman–Crippen MR) is 86.1 cm³/mol. The van der Waals surface area contributed by atoms with E-state index in [1.54, 1.807) is 11.8 Å². The van der Waals surface area contributed by atoms with E-state index in [0.717, 1.165) is 19.3 Å². The van der Waals surface area contributed by atoms with E-state index < -0.39 is 23.7 Å². The zero-order chi connectivity index (χ0) is 17.0. The van der Waals surface area contributed by atoms with Gasteiger partial charge in [-0.1, -0.05) is 0 Å². The summed E-state index contributed by atoms with van der Waals surface area (Å²) < 4.78 is 5.58. The monoisotopic (exact) mass is 323 g/mol. The van der Waals surface area contributed by atoms with Gasteiger partial charge < -0.3 is 9.84 Å². The summed E-state index contributed by atoms with van der Waals surface area (Å²) in [5.74, 6) is 0.984. The first kappa shape index (κ1) is 16.6. The Balaban J connectivity index is 1.92. The molecule has 4 saturated carbocycles. The number of carboxylic acids is 1. The number of ether oxygens (including phenoxy) is 1. The number of hydrogen-bond donors (Lipinski definition) is 1. The van der Waals surface area contributed by atoms with Gasteiger partial charge >= 0.3 is 12.1 Å². The molecule has 1 atom stereocenters. The average Bonchev–Trinajstić information content (AvgIpc) is 2.33. The summed E-state index contributed by atoms with van der Waals surface area (Å²) in [4.78, 5) is 26.1. The van der Waals surface area contributed by atoms with E-state index in [4.69, 9.17) is 4.74 Å². The Morgan fingerprint density at radius 2 is 1.52 bits per heavy atom. The van der Waals surface area contributed by atoms with Crippen molar-refractivity contribution < 1.29 is 19.4 Å². The van der Waals surface area contributed by atoms with Crippen molar-refractivity contribution in [2.24, 2.45) is 17.8 Å². The molecular formula is C18H29NO4. The zero-order valence-electron chi connectivity index (χ0n) is 14.7. The van der Waals surface area contributed by atoms with Crippen molar-refractivity contribution in [2.75, 3.05) is 0 Å². The highest BCUT2D eigenvalue weighted by molar-refractivity contribution is 5.80. The first-order chi connectivity index (χ1) is 10.6. The third-order valence-corrected chi connectivity index (χ3v) is 5.85. The van der Waals surface area contributed by atoms with Gasteiger partial charge in [0.1, 0.15) is 11.6 Å². The van der Waals surface area contributed by atoms with Gasteiger partial charge in [0.05, 0.1) is 0 Å². The van der Waals surface area contributed by atoms with E-state index in [2.05, 4.69) is 0 Å². The van der Waals surface area contributed by atoms with Crippen LogP contribution in [0.3, 0.4) is 0 Å². The fourth-order valence-corrected chi connectivity index (χ4v) is 5.54. The van der Waals surface area contributed by atoms with Crippen molar-refractivity contribution >= 4 is 12.1 Å². The first-order valence-electron chi connectivity index (χ1n) is 8.85. The Hall–Kier alpha value is -1.26. The standard InChI is InChI=1S/C18H29NO4/c1-11(15(20)21)19(16(22)23-17(2,3)4)18-8-12-5-13(9-18)7-14(6-12)10-18/h11-14H,5-10H2,1-4H3,(H,20,21). The molecule has 4 aliphatic carbocycles. The number of nitrogens with zero attached hydrogens (tertiary/aromatic N) is 1. The van der Waals surface area contributed by atoms with Crippen LogP contribution in [0.15, 0.2) is 0 Å². The van der Waals surface area contributed by atoms with Gasteiger partial charge in [0.25, 0.3) is 0 Å². The fraction of sp³-hybridized carbons (Fsp3) is 0.889. The third kappa shape index (κ3) is 3.07. The lowest BCUT2D eigenvalue weighted by Crippen LogP contribution is -2.65. The van der Waals surface area contributed by atoms with Gasteiger partial charge in [0.15, 0.2) is 0 Å². The van der Waals surface area contributed by atoms with Crippen molar-refractivity contribution in [3.05, 3.63) is 0 Å². The largest absolute Gasteiger partial charge is 0.480 e.